The molecule has 0 atom stereocenters. The van der Waals surface area contributed by atoms with Gasteiger partial charge in [0.2, 0.25) is 0 Å². The van der Waals surface area contributed by atoms with Gasteiger partial charge in [0.05, 0.1) is 13.2 Å². The second-order valence-corrected chi connectivity index (χ2v) is 7.23. The lowest BCUT2D eigenvalue weighted by molar-refractivity contribution is 0.0374. The van der Waals surface area contributed by atoms with Crippen molar-refractivity contribution in [3.8, 4) is 0 Å². The molecule has 0 radical (unpaired) electrons. The lowest BCUT2D eigenvalue weighted by Gasteiger charge is -2.26. The van der Waals surface area contributed by atoms with Gasteiger partial charge >= 0.3 is 0 Å². The van der Waals surface area contributed by atoms with E-state index in [9.17, 15) is 9.59 Å². The number of thiazole rings is 1. The molecule has 1 aromatic carbocycles. The standard InChI is InChI=1S/C19H24N4O3S/c1-14-5-2-3-6-15(14)17(24)22-19-21-16(13-27-19)18(25)20-7-4-8-23-9-11-26-12-10-23/h2-3,5-6,13H,4,7-12H2,1H3,(H,20,25)(H,21,22,24). The number of nitrogens with one attached hydrogen (secondary N) is 2. The van der Waals surface area contributed by atoms with Crippen LogP contribution in [0.4, 0.5) is 5.13 Å². The van der Waals surface area contributed by atoms with Crippen LogP contribution >= 0.6 is 11.3 Å². The maximum Gasteiger partial charge on any atom is 0.270 e. The number of morpholine rings is 1. The maximum atomic E-state index is 12.3. The topological polar surface area (TPSA) is 83.6 Å². The van der Waals surface area contributed by atoms with Crippen LogP contribution < -0.4 is 10.6 Å². The molecule has 144 valence electrons. The molecule has 0 bridgehead atoms. The van der Waals surface area contributed by atoms with Crippen LogP contribution in [0, 0.1) is 6.92 Å². The summed E-state index contributed by atoms with van der Waals surface area (Å²) in [5, 5.41) is 7.71. The van der Waals surface area contributed by atoms with Crippen molar-refractivity contribution in [2.45, 2.75) is 13.3 Å². The predicted octanol–water partition coefficient (Wildman–Crippen LogP) is 2.16. The molecular formula is C19H24N4O3S. The lowest BCUT2D eigenvalue weighted by Crippen LogP contribution is -2.38. The first-order valence-electron chi connectivity index (χ1n) is 9.04. The Kier molecular flexibility index (Phi) is 6.92. The Hall–Kier alpha value is -2.29. The van der Waals surface area contributed by atoms with Crippen LogP contribution in [-0.2, 0) is 4.74 Å². The van der Waals surface area contributed by atoms with E-state index in [4.69, 9.17) is 4.74 Å². The van der Waals surface area contributed by atoms with Crippen molar-refractivity contribution in [1.29, 1.82) is 0 Å². The number of hydrogen-bond donors (Lipinski definition) is 2. The zero-order chi connectivity index (χ0) is 19.1. The summed E-state index contributed by atoms with van der Waals surface area (Å²) in [5.41, 5.74) is 1.82. The summed E-state index contributed by atoms with van der Waals surface area (Å²) in [4.78, 5) is 31.1. The second kappa shape index (κ2) is 9.59. The number of carbonyl (C=O) groups excluding carboxylic acids is 2. The van der Waals surface area contributed by atoms with E-state index in [2.05, 4.69) is 20.5 Å². The van der Waals surface area contributed by atoms with E-state index in [-0.39, 0.29) is 11.8 Å². The molecule has 0 aliphatic carbocycles. The molecule has 0 saturated carbocycles. The molecule has 2 N–H and O–H groups in total. The molecular weight excluding hydrogens is 364 g/mol. The van der Waals surface area contributed by atoms with Gasteiger partial charge in [-0.3, -0.25) is 19.8 Å². The number of nitrogens with zero attached hydrogens (tertiary/aromatic N) is 2. The van der Waals surface area contributed by atoms with Crippen LogP contribution in [0.15, 0.2) is 29.6 Å². The first-order chi connectivity index (χ1) is 13.1. The van der Waals surface area contributed by atoms with Crippen molar-refractivity contribution in [3.63, 3.8) is 0 Å². The van der Waals surface area contributed by atoms with Gasteiger partial charge in [-0.05, 0) is 31.5 Å². The second-order valence-electron chi connectivity index (χ2n) is 6.37. The molecule has 8 heteroatoms. The van der Waals surface area contributed by atoms with Crippen LogP contribution in [0.5, 0.6) is 0 Å². The molecule has 1 saturated heterocycles. The average molecular weight is 388 g/mol. The van der Waals surface area contributed by atoms with Crippen molar-refractivity contribution in [2.24, 2.45) is 0 Å². The number of ether oxygens (including phenoxy) is 1. The number of aromatic nitrogens is 1. The largest absolute Gasteiger partial charge is 0.379 e. The molecule has 2 amide bonds. The summed E-state index contributed by atoms with van der Waals surface area (Å²) in [6.07, 6.45) is 0.882. The van der Waals surface area contributed by atoms with Crippen molar-refractivity contribution in [2.75, 3.05) is 44.7 Å². The minimum Gasteiger partial charge on any atom is -0.379 e. The van der Waals surface area contributed by atoms with Crippen LogP contribution in [-0.4, -0.2) is 61.1 Å². The summed E-state index contributed by atoms with van der Waals surface area (Å²) in [5.74, 6) is -0.440. The predicted molar refractivity (Wildman–Crippen MR) is 105 cm³/mol. The van der Waals surface area contributed by atoms with E-state index in [1.807, 2.05) is 25.1 Å². The number of carbonyl (C=O) groups is 2. The molecule has 1 fully saturated rings. The molecule has 1 aromatic heterocycles. The Morgan fingerprint density at radius 2 is 2.00 bits per heavy atom. The minimum atomic E-state index is -0.222. The molecule has 3 rings (SSSR count). The first kappa shape index (κ1) is 19.5. The van der Waals surface area contributed by atoms with Crippen molar-refractivity contribution >= 4 is 28.3 Å². The number of aryl methyl sites for hydroxylation is 1. The highest BCUT2D eigenvalue weighted by molar-refractivity contribution is 7.14. The van der Waals surface area contributed by atoms with E-state index >= 15 is 0 Å². The number of hydrogen-bond acceptors (Lipinski definition) is 6. The van der Waals surface area contributed by atoms with Gasteiger partial charge in [0.25, 0.3) is 11.8 Å². The third-order valence-electron chi connectivity index (χ3n) is 4.39. The fourth-order valence-corrected chi connectivity index (χ4v) is 3.53. The first-order valence-corrected chi connectivity index (χ1v) is 9.92. The smallest absolute Gasteiger partial charge is 0.270 e. The van der Waals surface area contributed by atoms with Crippen molar-refractivity contribution < 1.29 is 14.3 Å². The Morgan fingerprint density at radius 3 is 2.78 bits per heavy atom. The molecule has 7 nitrogen and oxygen atoms in total. The van der Waals surface area contributed by atoms with Gasteiger partial charge in [-0.1, -0.05) is 18.2 Å². The summed E-state index contributed by atoms with van der Waals surface area (Å²) in [6.45, 7) is 6.88. The van der Waals surface area contributed by atoms with Crippen molar-refractivity contribution in [1.82, 2.24) is 15.2 Å². The van der Waals surface area contributed by atoms with Crippen LogP contribution in [0.2, 0.25) is 0 Å². The van der Waals surface area contributed by atoms with Crippen LogP contribution in [0.25, 0.3) is 0 Å². The fraction of sp³-hybridized carbons (Fsp3) is 0.421. The molecule has 2 aromatic rings. The Balaban J connectivity index is 1.44. The average Bonchev–Trinajstić information content (AvgIpc) is 3.15. The minimum absolute atomic E-state index is 0.218. The number of rotatable bonds is 7. The van der Waals surface area contributed by atoms with Crippen LogP contribution in [0.1, 0.15) is 32.8 Å². The summed E-state index contributed by atoms with van der Waals surface area (Å²) in [7, 11) is 0. The Bertz CT molecular complexity index is 787. The molecule has 0 unspecified atom stereocenters. The zero-order valence-corrected chi connectivity index (χ0v) is 16.2. The lowest BCUT2D eigenvalue weighted by atomic mass is 10.1. The van der Waals surface area contributed by atoms with Gasteiger partial charge in [-0.25, -0.2) is 4.98 Å². The summed E-state index contributed by atoms with van der Waals surface area (Å²) in [6, 6.07) is 7.35. The van der Waals surface area contributed by atoms with Crippen LogP contribution in [0.3, 0.4) is 0 Å². The highest BCUT2D eigenvalue weighted by atomic mass is 32.1. The van der Waals surface area contributed by atoms with Gasteiger partial charge in [0.1, 0.15) is 5.69 Å². The highest BCUT2D eigenvalue weighted by Gasteiger charge is 2.14. The van der Waals surface area contributed by atoms with Gasteiger partial charge in [-0.2, -0.15) is 0 Å². The normalized spacial score (nSPS) is 14.7. The van der Waals surface area contributed by atoms with Gasteiger partial charge in [0, 0.05) is 30.6 Å². The van der Waals surface area contributed by atoms with E-state index in [1.165, 1.54) is 11.3 Å². The Morgan fingerprint density at radius 1 is 1.22 bits per heavy atom. The highest BCUT2D eigenvalue weighted by Crippen LogP contribution is 2.17. The maximum absolute atomic E-state index is 12.3. The summed E-state index contributed by atoms with van der Waals surface area (Å²) < 4.78 is 5.32. The third kappa shape index (κ3) is 5.59. The third-order valence-corrected chi connectivity index (χ3v) is 5.15. The molecule has 1 aliphatic heterocycles. The number of anilines is 1. The SMILES string of the molecule is Cc1ccccc1C(=O)Nc1nc(C(=O)NCCCN2CCOCC2)cs1. The molecule has 0 spiro atoms. The summed E-state index contributed by atoms with van der Waals surface area (Å²) >= 11 is 1.24. The zero-order valence-electron chi connectivity index (χ0n) is 15.4. The fourth-order valence-electron chi connectivity index (χ4n) is 2.85. The van der Waals surface area contributed by atoms with Gasteiger partial charge < -0.3 is 10.1 Å². The molecule has 1 aliphatic rings. The molecule has 27 heavy (non-hydrogen) atoms. The quantitative estimate of drug-likeness (QED) is 0.710. The molecule has 2 heterocycles. The van der Waals surface area contributed by atoms with E-state index in [0.717, 1.165) is 44.8 Å². The monoisotopic (exact) mass is 388 g/mol. The van der Waals surface area contributed by atoms with Gasteiger partial charge in [0.15, 0.2) is 5.13 Å². The number of benzene rings is 1. The van der Waals surface area contributed by atoms with E-state index in [0.29, 0.717) is 22.9 Å². The van der Waals surface area contributed by atoms with Crippen molar-refractivity contribution in [3.05, 3.63) is 46.5 Å². The Labute approximate surface area is 162 Å². The number of amides is 2. The van der Waals surface area contributed by atoms with E-state index < -0.39 is 0 Å². The van der Waals surface area contributed by atoms with Gasteiger partial charge in [-0.15, -0.1) is 11.3 Å². The van der Waals surface area contributed by atoms with E-state index in [1.54, 1.807) is 11.4 Å².